The number of carbonyl (C=O) groups is 1. The number of carbonyl (C=O) groups excluding carboxylic acids is 1. The van der Waals surface area contributed by atoms with Gasteiger partial charge in [0.15, 0.2) is 5.57 Å². The smallest absolute Gasteiger partial charge is 0.379 e. The van der Waals surface area contributed by atoms with E-state index in [2.05, 4.69) is 10.2 Å². The number of amides is 1. The zero-order valence-electron chi connectivity index (χ0n) is 19.9. The van der Waals surface area contributed by atoms with Crippen LogP contribution in [0.25, 0.3) is 11.8 Å². The Kier molecular flexibility index (Phi) is 9.69. The molecule has 194 valence electrons. The maximum absolute atomic E-state index is 12.8. The molecule has 2 heterocycles. The molecule has 2 N–H and O–H groups in total. The Hall–Kier alpha value is -3.14. The monoisotopic (exact) mass is 523 g/mol. The molecule has 12 heteroatoms. The van der Waals surface area contributed by atoms with Gasteiger partial charge in [0.2, 0.25) is 0 Å². The number of hydrogen-bond donors (Lipinski definition) is 2. The lowest BCUT2D eigenvalue weighted by Crippen LogP contribution is -2.37. The van der Waals surface area contributed by atoms with Crippen LogP contribution in [-0.2, 0) is 22.5 Å². The molecule has 1 aliphatic heterocycles. The quantitative estimate of drug-likeness (QED) is 0.516. The number of rotatable bonds is 9. The molecule has 3 rings (SSSR count). The molecule has 1 aliphatic rings. The fourth-order valence-corrected chi connectivity index (χ4v) is 4.84. The number of morpholine rings is 1. The van der Waals surface area contributed by atoms with Gasteiger partial charge in [-0.25, -0.2) is 0 Å². The molecule has 0 atom stereocenters. The van der Waals surface area contributed by atoms with Gasteiger partial charge >= 0.3 is 6.18 Å². The second kappa shape index (κ2) is 12.7. The van der Waals surface area contributed by atoms with Gasteiger partial charge in [0, 0.05) is 31.5 Å². The van der Waals surface area contributed by atoms with Crippen LogP contribution < -0.4 is 25.4 Å². The lowest BCUT2D eigenvalue weighted by atomic mass is 10.1. The van der Waals surface area contributed by atoms with Gasteiger partial charge in [-0.3, -0.25) is 19.1 Å². The van der Waals surface area contributed by atoms with E-state index < -0.39 is 29.8 Å². The summed E-state index contributed by atoms with van der Waals surface area (Å²) in [6.07, 6.45) is -1.23. The molecule has 2 aromatic rings. The number of thiazole rings is 1. The van der Waals surface area contributed by atoms with Crippen molar-refractivity contribution in [3.63, 3.8) is 0 Å². The van der Waals surface area contributed by atoms with Gasteiger partial charge in [-0.05, 0) is 44.0 Å². The number of alkyl halides is 3. The van der Waals surface area contributed by atoms with E-state index in [0.717, 1.165) is 68.3 Å². The zero-order chi connectivity index (χ0) is 26.1. The summed E-state index contributed by atoms with van der Waals surface area (Å²) in [7, 11) is 0. The van der Waals surface area contributed by atoms with Crippen LogP contribution in [0.5, 0.6) is 0 Å². The number of aryl methyl sites for hydroxylation is 1. The minimum atomic E-state index is -4.62. The van der Waals surface area contributed by atoms with Crippen molar-refractivity contribution in [1.82, 2.24) is 14.8 Å². The van der Waals surface area contributed by atoms with Gasteiger partial charge in [-0.15, -0.1) is 11.3 Å². The van der Waals surface area contributed by atoms with Crippen LogP contribution in [0.1, 0.15) is 18.9 Å². The van der Waals surface area contributed by atoms with E-state index in [1.165, 1.54) is 10.8 Å². The average molecular weight is 524 g/mol. The minimum Gasteiger partial charge on any atom is -0.379 e. The number of nitrogens with one attached hydrogen (secondary N) is 2. The van der Waals surface area contributed by atoms with Gasteiger partial charge in [0.05, 0.1) is 13.2 Å². The highest BCUT2D eigenvalue weighted by Crippen LogP contribution is 2.14. The summed E-state index contributed by atoms with van der Waals surface area (Å²) in [5.74, 6) is -1.18. The van der Waals surface area contributed by atoms with Crippen molar-refractivity contribution in [2.45, 2.75) is 32.5 Å². The number of nitriles is 1. The third kappa shape index (κ3) is 7.68. The van der Waals surface area contributed by atoms with Crippen LogP contribution in [-0.4, -0.2) is 60.9 Å². The molecule has 0 aliphatic carbocycles. The van der Waals surface area contributed by atoms with Crippen LogP contribution >= 0.6 is 11.3 Å². The van der Waals surface area contributed by atoms with Crippen LogP contribution in [0.2, 0.25) is 0 Å². The first kappa shape index (κ1) is 27.4. The van der Waals surface area contributed by atoms with Gasteiger partial charge in [0.1, 0.15) is 21.8 Å². The van der Waals surface area contributed by atoms with Crippen molar-refractivity contribution in [2.75, 3.05) is 44.7 Å². The summed E-state index contributed by atoms with van der Waals surface area (Å²) < 4.78 is 44.2. The molecular weight excluding hydrogens is 495 g/mol. The first-order valence-corrected chi connectivity index (χ1v) is 12.4. The SMILES string of the molecule is CCn1c(=C(C#N)C(=O)NCC(F)(F)F)sc(=CNc2cccc(CCCN3CCOCC3)c2)c1=O. The Morgan fingerprint density at radius 1 is 1.31 bits per heavy atom. The normalized spacial score (nSPS) is 15.9. The number of anilines is 1. The minimum absolute atomic E-state index is 0.00888. The highest BCUT2D eigenvalue weighted by molar-refractivity contribution is 7.07. The van der Waals surface area contributed by atoms with Crippen molar-refractivity contribution in [3.8, 4) is 6.07 Å². The summed E-state index contributed by atoms with van der Waals surface area (Å²) in [6.45, 7) is 4.66. The van der Waals surface area contributed by atoms with Gasteiger partial charge in [-0.2, -0.15) is 18.4 Å². The van der Waals surface area contributed by atoms with Crippen molar-refractivity contribution < 1.29 is 22.7 Å². The van der Waals surface area contributed by atoms with E-state index in [9.17, 15) is 28.0 Å². The largest absolute Gasteiger partial charge is 0.405 e. The van der Waals surface area contributed by atoms with E-state index >= 15 is 0 Å². The maximum Gasteiger partial charge on any atom is 0.405 e. The van der Waals surface area contributed by atoms with Crippen LogP contribution in [0.3, 0.4) is 0 Å². The Balaban J connectivity index is 1.76. The Morgan fingerprint density at radius 2 is 2.06 bits per heavy atom. The van der Waals surface area contributed by atoms with Crippen molar-refractivity contribution in [3.05, 3.63) is 49.4 Å². The molecule has 0 spiro atoms. The molecule has 0 unspecified atom stereocenters. The van der Waals surface area contributed by atoms with E-state index in [1.807, 2.05) is 24.3 Å². The highest BCUT2D eigenvalue weighted by atomic mass is 32.1. The molecule has 0 radical (unpaired) electrons. The molecule has 36 heavy (non-hydrogen) atoms. The van der Waals surface area contributed by atoms with Gasteiger partial charge < -0.3 is 15.4 Å². The second-order valence-electron chi connectivity index (χ2n) is 8.15. The van der Waals surface area contributed by atoms with Crippen LogP contribution in [0.4, 0.5) is 18.9 Å². The topological polar surface area (TPSA) is 99.4 Å². The number of aromatic nitrogens is 1. The fraction of sp³-hybridized carbons (Fsp3) is 0.458. The number of ether oxygens (including phenoxy) is 1. The van der Waals surface area contributed by atoms with E-state index in [1.54, 1.807) is 18.3 Å². The van der Waals surface area contributed by atoms with Crippen molar-refractivity contribution in [2.24, 2.45) is 0 Å². The predicted molar refractivity (Wildman–Crippen MR) is 132 cm³/mol. The summed E-state index contributed by atoms with van der Waals surface area (Å²) in [5, 5.41) is 14.2. The molecule has 1 aromatic heterocycles. The van der Waals surface area contributed by atoms with Crippen LogP contribution in [0.15, 0.2) is 29.1 Å². The fourth-order valence-electron chi connectivity index (χ4n) is 3.75. The lowest BCUT2D eigenvalue weighted by Gasteiger charge is -2.26. The molecule has 8 nitrogen and oxygen atoms in total. The zero-order valence-corrected chi connectivity index (χ0v) is 20.7. The van der Waals surface area contributed by atoms with E-state index in [0.29, 0.717) is 0 Å². The average Bonchev–Trinajstić information content (AvgIpc) is 3.17. The van der Waals surface area contributed by atoms with E-state index in [-0.39, 0.29) is 15.7 Å². The molecule has 1 amide bonds. The molecule has 1 saturated heterocycles. The standard InChI is InChI=1S/C24H28F3N5O3S/c1-2-32-22(34)20(36-23(32)19(14-28)21(33)30-16-24(25,26)27)15-29-18-7-3-5-17(13-18)6-4-8-31-9-11-35-12-10-31/h3,5,7,13,15,29H,2,4,6,8-12,16H2,1H3,(H,30,33). The summed E-state index contributed by atoms with van der Waals surface area (Å²) in [6, 6.07) is 9.42. The maximum atomic E-state index is 12.8. The number of benzene rings is 1. The molecule has 1 fully saturated rings. The molecule has 0 bridgehead atoms. The number of nitrogens with zero attached hydrogens (tertiary/aromatic N) is 3. The summed E-state index contributed by atoms with van der Waals surface area (Å²) in [4.78, 5) is 27.4. The Morgan fingerprint density at radius 3 is 2.72 bits per heavy atom. The van der Waals surface area contributed by atoms with Crippen molar-refractivity contribution >= 4 is 34.7 Å². The number of halogens is 3. The van der Waals surface area contributed by atoms with E-state index in [4.69, 9.17) is 4.74 Å². The Bertz CT molecular complexity index is 1270. The van der Waals surface area contributed by atoms with Crippen LogP contribution in [0, 0.1) is 11.3 Å². The number of hydrogen-bond acceptors (Lipinski definition) is 7. The third-order valence-electron chi connectivity index (χ3n) is 5.57. The molecular formula is C24H28F3N5O3S. The predicted octanol–water partition coefficient (Wildman–Crippen LogP) is 1.40. The molecule has 0 saturated carbocycles. The Labute approximate surface area is 210 Å². The summed E-state index contributed by atoms with van der Waals surface area (Å²) >= 11 is 0.873. The van der Waals surface area contributed by atoms with Gasteiger partial charge in [0.25, 0.3) is 11.5 Å². The molecule has 1 aromatic carbocycles. The highest BCUT2D eigenvalue weighted by Gasteiger charge is 2.28. The first-order chi connectivity index (χ1) is 17.2. The third-order valence-corrected chi connectivity index (χ3v) is 6.70. The van der Waals surface area contributed by atoms with Crippen molar-refractivity contribution in [1.29, 1.82) is 5.26 Å². The lowest BCUT2D eigenvalue weighted by molar-refractivity contribution is -0.135. The first-order valence-electron chi connectivity index (χ1n) is 11.6. The van der Waals surface area contributed by atoms with Gasteiger partial charge in [-0.1, -0.05) is 12.1 Å². The summed E-state index contributed by atoms with van der Waals surface area (Å²) in [5.41, 5.74) is 0.928. The second-order valence-corrected chi connectivity index (χ2v) is 9.18.